The van der Waals surface area contributed by atoms with Crippen LogP contribution in [0.2, 0.25) is 0 Å². The molecule has 14 aromatic rings. The number of hydrogen-bond donors (Lipinski definition) is 0. The van der Waals surface area contributed by atoms with Gasteiger partial charge in [-0.3, -0.25) is 0 Å². The van der Waals surface area contributed by atoms with Crippen molar-refractivity contribution in [3.05, 3.63) is 217 Å². The fraction of sp³-hybridized carbons (Fsp3) is 0.0317. The van der Waals surface area contributed by atoms with Crippen LogP contribution in [0.3, 0.4) is 0 Å². The molecule has 10 aromatic carbocycles. The Bertz CT molecular complexity index is 4450. The van der Waals surface area contributed by atoms with E-state index in [1.54, 1.807) is 0 Å². The second kappa shape index (κ2) is 15.7. The zero-order valence-electron chi connectivity index (χ0n) is 38.5. The monoisotopic (exact) mass is 977 g/mol. The van der Waals surface area contributed by atoms with Crippen LogP contribution >= 0.6 is 0 Å². The van der Waals surface area contributed by atoms with Gasteiger partial charge in [-0.1, -0.05) is 109 Å². The molecule has 0 radical (unpaired) electrons. The van der Waals surface area contributed by atoms with E-state index in [4.69, 9.17) is 8.83 Å². The van der Waals surface area contributed by atoms with Gasteiger partial charge in [0.15, 0.2) is 0 Å². The molecule has 0 aliphatic heterocycles. The molecule has 0 amide bonds. The SMILES string of the molecule is N#Cc1c(-n2c3ccccc3c3c(-c4ccc5oc6ccccc6c5c4)cccc32)cc(-c2cc(C(F)(F)F)cc(C(F)(F)F)c2)cc1-n1c2ccccc2c2c(-c3ccc4oc5ccccc5c4c3)cccc21. The van der Waals surface area contributed by atoms with Crippen molar-refractivity contribution in [2.24, 2.45) is 0 Å². The number of nitriles is 1. The van der Waals surface area contributed by atoms with Crippen molar-refractivity contribution in [3.8, 4) is 50.8 Å². The maximum Gasteiger partial charge on any atom is 0.416 e. The lowest BCUT2D eigenvalue weighted by atomic mass is 9.96. The molecule has 0 fully saturated rings. The summed E-state index contributed by atoms with van der Waals surface area (Å²) in [4.78, 5) is 0. The fourth-order valence-corrected chi connectivity index (χ4v) is 11.2. The van der Waals surface area contributed by atoms with Crippen molar-refractivity contribution in [1.29, 1.82) is 5.26 Å². The second-order valence-electron chi connectivity index (χ2n) is 18.5. The Morgan fingerprint density at radius 3 is 1.19 bits per heavy atom. The zero-order valence-corrected chi connectivity index (χ0v) is 38.5. The zero-order chi connectivity index (χ0) is 50.2. The summed E-state index contributed by atoms with van der Waals surface area (Å²) in [5.41, 5.74) is 6.53. The first-order valence-corrected chi connectivity index (χ1v) is 23.7. The molecule has 0 saturated heterocycles. The van der Waals surface area contributed by atoms with E-state index in [0.717, 1.165) is 99.8 Å². The van der Waals surface area contributed by atoms with Gasteiger partial charge < -0.3 is 18.0 Å². The molecule has 4 aromatic heterocycles. The number of para-hydroxylation sites is 4. The molecule has 14 rings (SSSR count). The summed E-state index contributed by atoms with van der Waals surface area (Å²) in [5, 5.41) is 18.7. The molecule has 5 nitrogen and oxygen atoms in total. The first kappa shape index (κ1) is 43.3. The van der Waals surface area contributed by atoms with E-state index >= 15 is 0 Å². The predicted molar refractivity (Wildman–Crippen MR) is 281 cm³/mol. The molecule has 0 unspecified atom stereocenters. The van der Waals surface area contributed by atoms with Crippen LogP contribution in [0.4, 0.5) is 26.3 Å². The van der Waals surface area contributed by atoms with Gasteiger partial charge in [0.05, 0.1) is 44.6 Å². The average Bonchev–Trinajstić information content (AvgIpc) is 4.17. The first-order valence-electron chi connectivity index (χ1n) is 23.7. The molecule has 0 atom stereocenters. The van der Waals surface area contributed by atoms with E-state index in [0.29, 0.717) is 22.1 Å². The molecule has 4 heterocycles. The van der Waals surface area contributed by atoms with Gasteiger partial charge in [-0.05, 0) is 124 Å². The van der Waals surface area contributed by atoms with Gasteiger partial charge in [-0.15, -0.1) is 0 Å². The molecule has 74 heavy (non-hydrogen) atoms. The molecular weight excluding hydrogens is 945 g/mol. The van der Waals surface area contributed by atoms with Crippen molar-refractivity contribution in [3.63, 3.8) is 0 Å². The van der Waals surface area contributed by atoms with Gasteiger partial charge in [-0.25, -0.2) is 0 Å². The molecule has 0 bridgehead atoms. The highest BCUT2D eigenvalue weighted by Gasteiger charge is 2.37. The summed E-state index contributed by atoms with van der Waals surface area (Å²) >= 11 is 0. The molecule has 11 heteroatoms. The Hall–Kier alpha value is -9.53. The number of halogens is 6. The van der Waals surface area contributed by atoms with Crippen molar-refractivity contribution in [2.45, 2.75) is 12.4 Å². The topological polar surface area (TPSA) is 59.9 Å². The molecular formula is C63H33F6N3O2. The lowest BCUT2D eigenvalue weighted by molar-refractivity contribution is -0.143. The Morgan fingerprint density at radius 1 is 0.351 bits per heavy atom. The molecule has 0 aliphatic rings. The highest BCUT2D eigenvalue weighted by molar-refractivity contribution is 6.19. The average molecular weight is 978 g/mol. The van der Waals surface area contributed by atoms with Gasteiger partial charge in [0.1, 0.15) is 34.0 Å². The van der Waals surface area contributed by atoms with Gasteiger partial charge in [0, 0.05) is 43.1 Å². The number of furan rings is 2. The van der Waals surface area contributed by atoms with Gasteiger partial charge in [0.25, 0.3) is 0 Å². The van der Waals surface area contributed by atoms with Crippen LogP contribution in [0.15, 0.2) is 209 Å². The lowest BCUT2D eigenvalue weighted by Crippen LogP contribution is -2.11. The van der Waals surface area contributed by atoms with E-state index in [9.17, 15) is 31.6 Å². The van der Waals surface area contributed by atoms with Crippen LogP contribution in [-0.4, -0.2) is 9.13 Å². The molecule has 0 saturated carbocycles. The van der Waals surface area contributed by atoms with Crippen molar-refractivity contribution >= 4 is 87.5 Å². The molecule has 0 spiro atoms. The minimum Gasteiger partial charge on any atom is -0.456 e. The van der Waals surface area contributed by atoms with E-state index < -0.39 is 23.5 Å². The van der Waals surface area contributed by atoms with Crippen LogP contribution in [-0.2, 0) is 12.4 Å². The van der Waals surface area contributed by atoms with Gasteiger partial charge >= 0.3 is 12.4 Å². The van der Waals surface area contributed by atoms with E-state index in [1.807, 2.05) is 167 Å². The Morgan fingerprint density at radius 2 is 0.743 bits per heavy atom. The van der Waals surface area contributed by atoms with Crippen LogP contribution < -0.4 is 0 Å². The van der Waals surface area contributed by atoms with Crippen LogP contribution in [0.25, 0.3) is 132 Å². The van der Waals surface area contributed by atoms with Crippen LogP contribution in [0.1, 0.15) is 16.7 Å². The van der Waals surface area contributed by atoms with Crippen molar-refractivity contribution in [2.75, 3.05) is 0 Å². The number of nitrogens with zero attached hydrogens (tertiary/aromatic N) is 3. The number of alkyl halides is 6. The fourth-order valence-electron chi connectivity index (χ4n) is 11.2. The lowest BCUT2D eigenvalue weighted by Gasteiger charge is -2.20. The smallest absolute Gasteiger partial charge is 0.416 e. The normalized spacial score (nSPS) is 12.4. The Labute approximate surface area is 415 Å². The number of benzene rings is 10. The highest BCUT2D eigenvalue weighted by atomic mass is 19.4. The third-order valence-corrected chi connectivity index (χ3v) is 14.4. The largest absolute Gasteiger partial charge is 0.456 e. The summed E-state index contributed by atoms with van der Waals surface area (Å²) in [6.45, 7) is 0. The standard InChI is InChI=1S/C63H33F6N3O2/c64-62(65,66)39-27-37(28-40(33-39)63(67,68)69)38-31-54(71-50-17-5-1-13-45(50)60-41(15-9-19-52(60)71)35-23-25-58-47(29-35)43-11-3-7-21-56(43)73-58)49(34-70)55(32-38)72-51-18-6-2-14-46(51)61-42(16-10-20-53(61)72)36-24-26-59-48(30-36)44-12-4-8-22-57(44)74-59/h1-33H. The number of aromatic nitrogens is 2. The third-order valence-electron chi connectivity index (χ3n) is 14.4. The minimum atomic E-state index is -5.11. The van der Waals surface area contributed by atoms with Gasteiger partial charge in [0.2, 0.25) is 0 Å². The summed E-state index contributed by atoms with van der Waals surface area (Å²) in [6, 6.07) is 61.7. The van der Waals surface area contributed by atoms with E-state index in [2.05, 4.69) is 18.2 Å². The quantitative estimate of drug-likeness (QED) is 0.161. The van der Waals surface area contributed by atoms with Gasteiger partial charge in [-0.2, -0.15) is 31.6 Å². The molecule has 354 valence electrons. The molecule has 0 N–H and O–H groups in total. The maximum atomic E-state index is 14.7. The molecule has 0 aliphatic carbocycles. The number of hydrogen-bond acceptors (Lipinski definition) is 3. The predicted octanol–water partition coefficient (Wildman–Crippen LogP) is 18.6. The van der Waals surface area contributed by atoms with Crippen molar-refractivity contribution < 1.29 is 35.2 Å². The summed E-state index contributed by atoms with van der Waals surface area (Å²) in [6.07, 6.45) is -10.2. The second-order valence-corrected chi connectivity index (χ2v) is 18.5. The Balaban J connectivity index is 1.08. The maximum absolute atomic E-state index is 14.7. The minimum absolute atomic E-state index is 0.0318. The van der Waals surface area contributed by atoms with E-state index in [1.165, 1.54) is 12.1 Å². The summed E-state index contributed by atoms with van der Waals surface area (Å²) in [5.74, 6) is 0. The highest BCUT2D eigenvalue weighted by Crippen LogP contribution is 2.47. The first-order chi connectivity index (χ1) is 35.9. The Kier molecular flexibility index (Phi) is 9.20. The van der Waals surface area contributed by atoms with E-state index in [-0.39, 0.29) is 34.1 Å². The van der Waals surface area contributed by atoms with Crippen molar-refractivity contribution in [1.82, 2.24) is 9.13 Å². The third kappa shape index (κ3) is 6.51. The number of fused-ring (bicyclic) bond motifs is 12. The van der Waals surface area contributed by atoms with Crippen LogP contribution in [0, 0.1) is 11.3 Å². The summed E-state index contributed by atoms with van der Waals surface area (Å²) in [7, 11) is 0. The van der Waals surface area contributed by atoms with Crippen LogP contribution in [0.5, 0.6) is 0 Å². The summed E-state index contributed by atoms with van der Waals surface area (Å²) < 4.78 is 104. The number of rotatable bonds is 5.